The fourth-order valence-electron chi connectivity index (χ4n) is 3.02. The summed E-state index contributed by atoms with van der Waals surface area (Å²) in [7, 11) is -7.56. The molecule has 0 radical (unpaired) electrons. The van der Waals surface area contributed by atoms with Crippen LogP contribution in [0.1, 0.15) is 24.1 Å². The molecule has 38 heavy (non-hydrogen) atoms. The number of aromatic nitrogens is 2. The number of thiazole rings is 2. The maximum absolute atomic E-state index is 12.3. The Hall–Kier alpha value is -2.59. The lowest BCUT2D eigenvalue weighted by Crippen LogP contribution is -2.12. The molecule has 1 unspecified atom stereocenters. The summed E-state index contributed by atoms with van der Waals surface area (Å²) in [6.45, 7) is 1.73. The van der Waals surface area contributed by atoms with Crippen LogP contribution >= 0.6 is 45.9 Å². The molecule has 2 aromatic heterocycles. The lowest BCUT2D eigenvalue weighted by molar-refractivity contribution is -0.138. The van der Waals surface area contributed by atoms with Gasteiger partial charge in [-0.2, -0.15) is 0 Å². The van der Waals surface area contributed by atoms with Crippen molar-refractivity contribution in [2.75, 3.05) is 4.72 Å². The van der Waals surface area contributed by atoms with Crippen molar-refractivity contribution >= 4 is 77.0 Å². The monoisotopic (exact) mass is 634 g/mol. The van der Waals surface area contributed by atoms with Gasteiger partial charge < -0.3 is 5.11 Å². The highest BCUT2D eigenvalue weighted by atomic mass is 35.5. The van der Waals surface area contributed by atoms with Crippen molar-refractivity contribution in [2.45, 2.75) is 29.1 Å². The van der Waals surface area contributed by atoms with Crippen molar-refractivity contribution in [2.24, 2.45) is 5.14 Å². The summed E-state index contributed by atoms with van der Waals surface area (Å²) in [5.41, 5.74) is 0.761. The lowest BCUT2D eigenvalue weighted by atomic mass is 10.1. The van der Waals surface area contributed by atoms with E-state index in [1.165, 1.54) is 47.9 Å². The smallest absolute Gasteiger partial charge is 0.311 e. The second-order valence-corrected chi connectivity index (χ2v) is 13.6. The molecule has 16 heteroatoms. The fraction of sp³-hybridized carbons (Fsp3) is 0.136. The maximum atomic E-state index is 12.3. The molecule has 2 heterocycles. The average Bonchev–Trinajstić information content (AvgIpc) is 3.51. The Kier molecular flexibility index (Phi) is 9.86. The molecule has 0 spiro atoms. The van der Waals surface area contributed by atoms with E-state index in [9.17, 15) is 21.6 Å². The van der Waals surface area contributed by atoms with Gasteiger partial charge in [0.2, 0.25) is 10.0 Å². The Bertz CT molecular complexity index is 1620. The Morgan fingerprint density at radius 3 is 2.32 bits per heavy atom. The van der Waals surface area contributed by atoms with Crippen LogP contribution in [0.2, 0.25) is 10.0 Å². The van der Waals surface area contributed by atoms with Gasteiger partial charge in [-0.3, -0.25) is 9.52 Å². The highest BCUT2D eigenvalue weighted by molar-refractivity contribution is 7.93. The SMILES string of the molecule is CCC(C(=O)O)c1cnc(NS(=O)(=O)c2cc(Cl)cc(Cl)c2)s1.NS(=O)(=O)c1cccc(-c2nccs2)c1. The third-order valence-electron chi connectivity index (χ3n) is 4.78. The van der Waals surface area contributed by atoms with E-state index in [-0.39, 0.29) is 25.0 Å². The molecule has 0 saturated heterocycles. The van der Waals surface area contributed by atoms with Crippen LogP contribution < -0.4 is 9.86 Å². The largest absolute Gasteiger partial charge is 0.481 e. The molecule has 202 valence electrons. The third-order valence-corrected chi connectivity index (χ3v) is 9.43. The quantitative estimate of drug-likeness (QED) is 0.235. The molecule has 10 nitrogen and oxygen atoms in total. The van der Waals surface area contributed by atoms with Gasteiger partial charge in [-0.1, -0.05) is 42.3 Å². The predicted octanol–water partition coefficient (Wildman–Crippen LogP) is 5.29. The summed E-state index contributed by atoms with van der Waals surface area (Å²) < 4.78 is 49.1. The minimum atomic E-state index is -3.92. The van der Waals surface area contributed by atoms with E-state index in [4.69, 9.17) is 33.4 Å². The average molecular weight is 636 g/mol. The van der Waals surface area contributed by atoms with E-state index in [0.717, 1.165) is 21.9 Å². The topological polar surface area (TPSA) is 169 Å². The molecule has 4 N–H and O–H groups in total. The van der Waals surface area contributed by atoms with Gasteiger partial charge in [0.1, 0.15) is 5.01 Å². The molecular weight excluding hydrogens is 615 g/mol. The number of aliphatic carboxylic acids is 1. The number of carbonyl (C=O) groups is 1. The number of hydrogen-bond acceptors (Lipinski definition) is 9. The number of halogens is 2. The Morgan fingerprint density at radius 1 is 1.08 bits per heavy atom. The van der Waals surface area contributed by atoms with E-state index < -0.39 is 31.9 Å². The summed E-state index contributed by atoms with van der Waals surface area (Å²) in [4.78, 5) is 19.6. The number of nitrogens with zero attached hydrogens (tertiary/aromatic N) is 2. The van der Waals surface area contributed by atoms with Gasteiger partial charge >= 0.3 is 5.97 Å². The van der Waals surface area contributed by atoms with Crippen molar-refractivity contribution < 1.29 is 26.7 Å². The second-order valence-electron chi connectivity index (χ2n) is 7.49. The Morgan fingerprint density at radius 2 is 1.76 bits per heavy atom. The minimum absolute atomic E-state index is 0.0794. The first-order valence-electron chi connectivity index (χ1n) is 10.5. The zero-order valence-electron chi connectivity index (χ0n) is 19.4. The molecule has 0 saturated carbocycles. The molecule has 1 atom stereocenters. The molecule has 0 bridgehead atoms. The van der Waals surface area contributed by atoms with Crippen molar-refractivity contribution in [3.05, 3.63) is 75.2 Å². The van der Waals surface area contributed by atoms with Crippen LogP contribution in [0.25, 0.3) is 10.6 Å². The number of nitrogens with one attached hydrogen (secondary N) is 1. The molecular formula is C22H20Cl2N4O6S4. The first kappa shape index (κ1) is 30.0. The van der Waals surface area contributed by atoms with Crippen molar-refractivity contribution in [1.29, 1.82) is 0 Å². The molecule has 0 amide bonds. The van der Waals surface area contributed by atoms with Crippen LogP contribution in [0.15, 0.2) is 70.0 Å². The lowest BCUT2D eigenvalue weighted by Gasteiger charge is -2.07. The molecule has 4 aromatic rings. The summed E-state index contributed by atoms with van der Waals surface area (Å²) in [6, 6.07) is 10.4. The van der Waals surface area contributed by atoms with E-state index in [1.807, 2.05) is 5.38 Å². The summed E-state index contributed by atoms with van der Waals surface area (Å²) in [6.07, 6.45) is 3.41. The third kappa shape index (κ3) is 7.96. The number of benzene rings is 2. The van der Waals surface area contributed by atoms with Gasteiger partial charge in [0, 0.05) is 38.3 Å². The van der Waals surface area contributed by atoms with Crippen molar-refractivity contribution in [3.63, 3.8) is 0 Å². The van der Waals surface area contributed by atoms with E-state index >= 15 is 0 Å². The van der Waals surface area contributed by atoms with Gasteiger partial charge in [0.25, 0.3) is 10.0 Å². The van der Waals surface area contributed by atoms with E-state index in [1.54, 1.807) is 25.3 Å². The number of carboxylic acids is 1. The van der Waals surface area contributed by atoms with E-state index in [0.29, 0.717) is 11.3 Å². The van der Waals surface area contributed by atoms with Gasteiger partial charge in [-0.25, -0.2) is 31.9 Å². The zero-order valence-corrected chi connectivity index (χ0v) is 24.2. The second kappa shape index (κ2) is 12.5. The first-order valence-corrected chi connectivity index (χ1v) is 16.0. The zero-order chi connectivity index (χ0) is 28.1. The number of primary sulfonamides is 1. The number of sulfonamides is 2. The Balaban J connectivity index is 0.000000230. The highest BCUT2D eigenvalue weighted by Gasteiger charge is 2.23. The van der Waals surface area contributed by atoms with Gasteiger partial charge in [-0.05, 0) is 36.8 Å². The van der Waals surface area contributed by atoms with Crippen LogP contribution in [0.3, 0.4) is 0 Å². The molecule has 4 rings (SSSR count). The number of rotatable bonds is 8. The fourth-order valence-corrected chi connectivity index (χ4v) is 7.18. The Labute approximate surface area is 237 Å². The maximum Gasteiger partial charge on any atom is 0.311 e. The predicted molar refractivity (Wildman–Crippen MR) is 149 cm³/mol. The summed E-state index contributed by atoms with van der Waals surface area (Å²) in [5, 5.41) is 17.2. The van der Waals surface area contributed by atoms with Crippen molar-refractivity contribution in [1.82, 2.24) is 9.97 Å². The molecule has 0 aliphatic heterocycles. The highest BCUT2D eigenvalue weighted by Crippen LogP contribution is 2.30. The molecule has 0 fully saturated rings. The standard InChI is InChI=1S/C13H12Cl2N2O4S2.C9H8N2O2S2/c1-2-10(12(18)19)11-6-16-13(22-11)17-23(20,21)9-4-7(14)3-8(15)5-9;10-15(12,13)8-3-1-2-7(6-8)9-11-4-5-14-9/h3-6,10H,2H2,1H3,(H,16,17)(H,18,19);1-6H,(H2,10,12,13). The van der Waals surface area contributed by atoms with Crippen LogP contribution in [0, 0.1) is 0 Å². The molecule has 2 aromatic carbocycles. The summed E-state index contributed by atoms with van der Waals surface area (Å²) >= 11 is 14.0. The van der Waals surface area contributed by atoms with Gasteiger partial charge in [0.05, 0.1) is 15.7 Å². The number of nitrogens with two attached hydrogens (primary N) is 1. The van der Waals surface area contributed by atoms with Gasteiger partial charge in [0.15, 0.2) is 5.13 Å². The van der Waals surface area contributed by atoms with Gasteiger partial charge in [-0.15, -0.1) is 22.7 Å². The van der Waals surface area contributed by atoms with Crippen LogP contribution in [-0.2, 0) is 24.8 Å². The first-order chi connectivity index (χ1) is 17.8. The minimum Gasteiger partial charge on any atom is -0.481 e. The number of carboxylic acid groups (broad SMARTS) is 1. The number of anilines is 1. The summed E-state index contributed by atoms with van der Waals surface area (Å²) in [5.74, 6) is -1.70. The normalized spacial score (nSPS) is 12.3. The number of hydrogen-bond donors (Lipinski definition) is 3. The van der Waals surface area contributed by atoms with Crippen LogP contribution in [-0.4, -0.2) is 37.9 Å². The van der Waals surface area contributed by atoms with Crippen LogP contribution in [0.4, 0.5) is 5.13 Å². The molecule has 0 aliphatic rings. The van der Waals surface area contributed by atoms with Crippen molar-refractivity contribution in [3.8, 4) is 10.6 Å². The molecule has 0 aliphatic carbocycles. The van der Waals surface area contributed by atoms with E-state index in [2.05, 4.69) is 14.7 Å². The van der Waals surface area contributed by atoms with Crippen LogP contribution in [0.5, 0.6) is 0 Å².